The molecule has 3 aromatic carbocycles. The van der Waals surface area contributed by atoms with Crippen LogP contribution in [-0.2, 0) is 29.4 Å². The first-order valence-corrected chi connectivity index (χ1v) is 11.0. The van der Waals surface area contributed by atoms with Crippen molar-refractivity contribution in [2.75, 3.05) is 0 Å². The number of ether oxygens (including phenoxy) is 2. The molecule has 0 bridgehead atoms. The number of aromatic nitrogens is 1. The fraction of sp³-hybridized carbons (Fsp3) is 0.148. The van der Waals surface area contributed by atoms with Gasteiger partial charge in [0.15, 0.2) is 0 Å². The molecule has 5 rings (SSSR count). The maximum absolute atomic E-state index is 13.7. The van der Waals surface area contributed by atoms with Crippen LogP contribution in [0.15, 0.2) is 91.1 Å². The topological polar surface area (TPSA) is 31.4 Å². The summed E-state index contributed by atoms with van der Waals surface area (Å²) in [4.78, 5) is 4.63. The van der Waals surface area contributed by atoms with Crippen LogP contribution in [0.3, 0.4) is 0 Å². The van der Waals surface area contributed by atoms with Crippen molar-refractivity contribution in [2.45, 2.75) is 24.7 Å². The molecule has 0 fully saturated rings. The highest BCUT2D eigenvalue weighted by Crippen LogP contribution is 2.49. The van der Waals surface area contributed by atoms with E-state index in [-0.39, 0.29) is 11.7 Å². The van der Waals surface area contributed by atoms with Crippen LogP contribution in [0, 0.1) is 5.82 Å². The van der Waals surface area contributed by atoms with Crippen molar-refractivity contribution < 1.29 is 13.9 Å². The minimum Gasteiger partial charge on any atom is -0.487 e. The molecule has 5 heteroatoms. The summed E-state index contributed by atoms with van der Waals surface area (Å²) in [5.74, 6) is 0.589. The quantitative estimate of drug-likeness (QED) is 0.323. The van der Waals surface area contributed by atoms with Gasteiger partial charge in [0.05, 0.1) is 18.2 Å². The van der Waals surface area contributed by atoms with E-state index in [2.05, 4.69) is 4.98 Å². The van der Waals surface area contributed by atoms with Crippen molar-refractivity contribution in [3.05, 3.63) is 130 Å². The van der Waals surface area contributed by atoms with Gasteiger partial charge in [-0.3, -0.25) is 4.98 Å². The summed E-state index contributed by atoms with van der Waals surface area (Å²) in [5.41, 5.74) is 4.39. The van der Waals surface area contributed by atoms with Gasteiger partial charge in [0.2, 0.25) is 0 Å². The van der Waals surface area contributed by atoms with Crippen molar-refractivity contribution in [2.24, 2.45) is 0 Å². The Kier molecular flexibility index (Phi) is 5.64. The van der Waals surface area contributed by atoms with E-state index in [0.717, 1.165) is 27.8 Å². The summed E-state index contributed by atoms with van der Waals surface area (Å²) < 4.78 is 26.5. The van der Waals surface area contributed by atoms with Crippen molar-refractivity contribution in [1.29, 1.82) is 0 Å². The van der Waals surface area contributed by atoms with Crippen LogP contribution in [0.2, 0.25) is 0 Å². The summed E-state index contributed by atoms with van der Waals surface area (Å²) >= 11 is 6.21. The molecule has 3 nitrogen and oxygen atoms in total. The first-order chi connectivity index (χ1) is 15.7. The predicted molar refractivity (Wildman–Crippen MR) is 122 cm³/mol. The van der Waals surface area contributed by atoms with Crippen LogP contribution in [0.4, 0.5) is 4.39 Å². The van der Waals surface area contributed by atoms with E-state index < -0.39 is 5.60 Å². The molecule has 0 saturated carbocycles. The lowest BCUT2D eigenvalue weighted by atomic mass is 9.80. The van der Waals surface area contributed by atoms with Gasteiger partial charge in [-0.2, -0.15) is 0 Å². The molecule has 0 spiro atoms. The number of halogens is 2. The number of benzene rings is 3. The van der Waals surface area contributed by atoms with E-state index in [9.17, 15) is 4.39 Å². The number of fused-ring (bicyclic) bond motifs is 1. The summed E-state index contributed by atoms with van der Waals surface area (Å²) in [6, 6.07) is 26.3. The van der Waals surface area contributed by atoms with Crippen molar-refractivity contribution >= 4 is 11.6 Å². The monoisotopic (exact) mass is 445 g/mol. The summed E-state index contributed by atoms with van der Waals surface area (Å²) in [6.07, 6.45) is 1.81. The van der Waals surface area contributed by atoms with E-state index in [0.29, 0.717) is 24.7 Å². The minimum absolute atomic E-state index is 0.228. The second-order valence-corrected chi connectivity index (χ2v) is 7.94. The highest BCUT2D eigenvalue weighted by atomic mass is 35.5. The molecule has 4 aromatic rings. The predicted octanol–water partition coefficient (Wildman–Crippen LogP) is 6.36. The van der Waals surface area contributed by atoms with E-state index >= 15 is 0 Å². The molecule has 0 amide bonds. The summed E-state index contributed by atoms with van der Waals surface area (Å²) in [6.45, 7) is 0.732. The van der Waals surface area contributed by atoms with Gasteiger partial charge in [-0.25, -0.2) is 4.39 Å². The Bertz CT molecular complexity index is 1220. The lowest BCUT2D eigenvalue weighted by Crippen LogP contribution is -2.28. The zero-order valence-corrected chi connectivity index (χ0v) is 18.1. The molecule has 0 aliphatic carbocycles. The molecule has 0 radical (unpaired) electrons. The van der Waals surface area contributed by atoms with Gasteiger partial charge in [-0.1, -0.05) is 72.8 Å². The second-order valence-electron chi connectivity index (χ2n) is 7.68. The van der Waals surface area contributed by atoms with E-state index in [1.54, 1.807) is 12.1 Å². The van der Waals surface area contributed by atoms with Crippen LogP contribution in [0.1, 0.15) is 33.5 Å². The average molecular weight is 446 g/mol. The normalized spacial score (nSPS) is 17.2. The first-order valence-electron chi connectivity index (χ1n) is 10.4. The molecule has 1 aromatic heterocycles. The van der Waals surface area contributed by atoms with Gasteiger partial charge in [-0.05, 0) is 28.8 Å². The molecule has 32 heavy (non-hydrogen) atoms. The van der Waals surface area contributed by atoms with Crippen LogP contribution < -0.4 is 4.74 Å². The number of rotatable bonds is 6. The molecular weight excluding hydrogens is 425 g/mol. The number of alkyl halides is 1. The fourth-order valence-corrected chi connectivity index (χ4v) is 4.47. The Morgan fingerprint density at radius 1 is 0.906 bits per heavy atom. The summed E-state index contributed by atoms with van der Waals surface area (Å²) in [5, 5.41) is 0. The maximum atomic E-state index is 13.7. The number of pyridine rings is 1. The number of hydrogen-bond donors (Lipinski definition) is 0. The molecular formula is C27H21ClFNO2. The fourth-order valence-electron chi connectivity index (χ4n) is 4.28. The van der Waals surface area contributed by atoms with Crippen LogP contribution in [0.25, 0.3) is 0 Å². The zero-order chi connectivity index (χ0) is 22.0. The highest BCUT2D eigenvalue weighted by molar-refractivity contribution is 6.17. The van der Waals surface area contributed by atoms with Crippen molar-refractivity contribution in [3.63, 3.8) is 0 Å². The van der Waals surface area contributed by atoms with Crippen LogP contribution in [0.5, 0.6) is 5.75 Å². The van der Waals surface area contributed by atoms with E-state index in [1.807, 2.05) is 66.9 Å². The summed E-state index contributed by atoms with van der Waals surface area (Å²) in [7, 11) is 0. The van der Waals surface area contributed by atoms with Crippen LogP contribution >= 0.6 is 11.6 Å². The average Bonchev–Trinajstić information content (AvgIpc) is 3.25. The van der Waals surface area contributed by atoms with Gasteiger partial charge >= 0.3 is 0 Å². The van der Waals surface area contributed by atoms with Gasteiger partial charge in [0, 0.05) is 17.3 Å². The SMILES string of the molecule is Fc1ccc(C2(c3ccccc3)OCc3c2cnc(CCl)c3OCc2ccccc2)cc1. The van der Waals surface area contributed by atoms with Gasteiger partial charge in [-0.15, -0.1) is 11.6 Å². The lowest BCUT2D eigenvalue weighted by molar-refractivity contribution is 0.0262. The first kappa shape index (κ1) is 20.7. The molecule has 1 unspecified atom stereocenters. The molecule has 2 heterocycles. The lowest BCUT2D eigenvalue weighted by Gasteiger charge is -2.31. The van der Waals surface area contributed by atoms with Crippen molar-refractivity contribution in [1.82, 2.24) is 4.98 Å². The Balaban J connectivity index is 1.65. The standard InChI is InChI=1S/C27H21ClFNO2/c28-15-25-26(31-17-19-7-3-1-4-8-19)23-18-32-27(24(23)16-30-25,20-9-5-2-6-10-20)21-11-13-22(29)14-12-21/h1-14,16H,15,17-18H2. The third-order valence-corrected chi connectivity index (χ3v) is 6.06. The molecule has 1 aliphatic rings. The van der Waals surface area contributed by atoms with Crippen molar-refractivity contribution in [3.8, 4) is 5.75 Å². The molecule has 1 aliphatic heterocycles. The molecule has 0 saturated heterocycles. The Morgan fingerprint density at radius 2 is 1.56 bits per heavy atom. The number of hydrogen-bond acceptors (Lipinski definition) is 3. The van der Waals surface area contributed by atoms with E-state index in [4.69, 9.17) is 21.1 Å². The molecule has 1 atom stereocenters. The van der Waals surface area contributed by atoms with Crippen LogP contribution in [-0.4, -0.2) is 4.98 Å². The smallest absolute Gasteiger partial charge is 0.148 e. The van der Waals surface area contributed by atoms with Gasteiger partial charge in [0.25, 0.3) is 0 Å². The molecule has 0 N–H and O–H groups in total. The largest absolute Gasteiger partial charge is 0.487 e. The second kappa shape index (κ2) is 8.73. The Morgan fingerprint density at radius 3 is 2.25 bits per heavy atom. The third-order valence-electron chi connectivity index (χ3n) is 5.81. The molecule has 160 valence electrons. The van der Waals surface area contributed by atoms with Gasteiger partial charge < -0.3 is 9.47 Å². The van der Waals surface area contributed by atoms with Gasteiger partial charge in [0.1, 0.15) is 23.8 Å². The Labute approximate surface area is 191 Å². The zero-order valence-electron chi connectivity index (χ0n) is 17.3. The maximum Gasteiger partial charge on any atom is 0.148 e. The number of nitrogens with zero attached hydrogens (tertiary/aromatic N) is 1. The third kappa shape index (κ3) is 3.56. The highest BCUT2D eigenvalue weighted by Gasteiger charge is 2.45. The minimum atomic E-state index is -0.910. The Hall–Kier alpha value is -3.21. The van der Waals surface area contributed by atoms with E-state index in [1.165, 1.54) is 12.1 Å².